The Morgan fingerprint density at radius 1 is 1.31 bits per heavy atom. The van der Waals surface area contributed by atoms with Gasteiger partial charge in [-0.25, -0.2) is 9.37 Å². The first-order chi connectivity index (χ1) is 12.4. The molecule has 1 aliphatic rings. The highest BCUT2D eigenvalue weighted by Crippen LogP contribution is 2.46. The van der Waals surface area contributed by atoms with E-state index >= 15 is 0 Å². The average Bonchev–Trinajstić information content (AvgIpc) is 3.00. The summed E-state index contributed by atoms with van der Waals surface area (Å²) in [5.74, 6) is 0.484. The van der Waals surface area contributed by atoms with Crippen LogP contribution in [-0.4, -0.2) is 16.4 Å². The number of nitrogens with one attached hydrogen (secondary N) is 2. The Morgan fingerprint density at radius 2 is 2.12 bits per heavy atom. The highest BCUT2D eigenvalue weighted by Gasteiger charge is 2.36. The van der Waals surface area contributed by atoms with Crippen molar-refractivity contribution in [1.29, 1.82) is 0 Å². The number of rotatable bonds is 3. The molecular formula is C19H15ClFN3O2. The lowest BCUT2D eigenvalue weighted by atomic mass is 9.95. The van der Waals surface area contributed by atoms with E-state index in [-0.39, 0.29) is 10.6 Å². The number of fused-ring (bicyclic) bond motifs is 3. The number of carbonyl (C=O) groups is 1. The van der Waals surface area contributed by atoms with Crippen molar-refractivity contribution >= 4 is 23.7 Å². The average molecular weight is 372 g/mol. The minimum absolute atomic E-state index is 0.222. The monoisotopic (exact) mass is 371 g/mol. The summed E-state index contributed by atoms with van der Waals surface area (Å²) in [7, 11) is 0. The number of imidazole rings is 1. The van der Waals surface area contributed by atoms with Gasteiger partial charge in [-0.15, -0.1) is 0 Å². The van der Waals surface area contributed by atoms with Crippen LogP contribution in [0.4, 0.5) is 10.1 Å². The zero-order valence-electron chi connectivity index (χ0n) is 14.1. The highest BCUT2D eigenvalue weighted by molar-refractivity contribution is 6.33. The zero-order valence-corrected chi connectivity index (χ0v) is 14.8. The van der Waals surface area contributed by atoms with Crippen LogP contribution in [0.15, 0.2) is 36.4 Å². The van der Waals surface area contributed by atoms with Crippen LogP contribution in [0.5, 0.6) is 5.75 Å². The first-order valence-corrected chi connectivity index (χ1v) is 8.37. The molecule has 0 saturated heterocycles. The summed E-state index contributed by atoms with van der Waals surface area (Å²) in [6.45, 7) is 3.78. The summed E-state index contributed by atoms with van der Waals surface area (Å²) in [6, 6.07) is 9.81. The molecule has 0 spiro atoms. The lowest BCUT2D eigenvalue weighted by Crippen LogP contribution is -2.29. The number of H-pyrrole nitrogens is 1. The molecule has 1 amide bonds. The van der Waals surface area contributed by atoms with Crippen molar-refractivity contribution in [1.82, 2.24) is 9.97 Å². The Kier molecular flexibility index (Phi) is 3.73. The minimum Gasteiger partial charge on any atom is -0.481 e. The maximum Gasteiger partial charge on any atom is 0.211 e. The van der Waals surface area contributed by atoms with Gasteiger partial charge in [0.25, 0.3) is 0 Å². The SMILES string of the molecule is CC1(C)Oc2cc(NC=O)ccc2-c2nc(-c3c(F)cccc3Cl)[nH]c21. The number of nitrogens with zero attached hydrogens (tertiary/aromatic N) is 1. The Bertz CT molecular complexity index is 1010. The van der Waals surface area contributed by atoms with Gasteiger partial charge in [-0.3, -0.25) is 4.79 Å². The number of carbonyl (C=O) groups excluding carboxylic acids is 1. The van der Waals surface area contributed by atoms with Crippen molar-refractivity contribution in [2.24, 2.45) is 0 Å². The molecular weight excluding hydrogens is 357 g/mol. The summed E-state index contributed by atoms with van der Waals surface area (Å²) in [6.07, 6.45) is 0.605. The van der Waals surface area contributed by atoms with Crippen molar-refractivity contribution in [3.63, 3.8) is 0 Å². The lowest BCUT2D eigenvalue weighted by molar-refractivity contribution is -0.105. The largest absolute Gasteiger partial charge is 0.481 e. The van der Waals surface area contributed by atoms with E-state index in [4.69, 9.17) is 16.3 Å². The van der Waals surface area contributed by atoms with Gasteiger partial charge in [0.1, 0.15) is 23.0 Å². The van der Waals surface area contributed by atoms with Crippen molar-refractivity contribution in [3.8, 4) is 28.4 Å². The maximum atomic E-state index is 14.3. The molecule has 0 radical (unpaired) electrons. The molecule has 0 unspecified atom stereocenters. The summed E-state index contributed by atoms with van der Waals surface area (Å²) in [5, 5.41) is 2.88. The molecule has 0 aliphatic carbocycles. The standard InChI is InChI=1S/C19H15ClFN3O2/c1-19(2)17-16(11-7-6-10(22-9-25)8-14(11)26-19)23-18(24-17)15-12(20)4-3-5-13(15)21/h3-9H,1-2H3,(H,22,25)(H,23,24). The Labute approximate surface area is 154 Å². The fourth-order valence-corrected chi connectivity index (χ4v) is 3.38. The van der Waals surface area contributed by atoms with Gasteiger partial charge >= 0.3 is 0 Å². The Hall–Kier alpha value is -2.86. The van der Waals surface area contributed by atoms with E-state index in [0.29, 0.717) is 29.4 Å². The molecule has 2 N–H and O–H groups in total. The predicted octanol–water partition coefficient (Wildman–Crippen LogP) is 4.73. The zero-order chi connectivity index (χ0) is 18.5. The summed E-state index contributed by atoms with van der Waals surface area (Å²) < 4.78 is 20.4. The quantitative estimate of drug-likeness (QED) is 0.654. The van der Waals surface area contributed by atoms with Crippen LogP contribution in [0.3, 0.4) is 0 Å². The molecule has 132 valence electrons. The second-order valence-electron chi connectivity index (χ2n) is 6.49. The molecule has 1 aliphatic heterocycles. The summed E-state index contributed by atoms with van der Waals surface area (Å²) in [5.41, 5.74) is 2.28. The van der Waals surface area contributed by atoms with Gasteiger partial charge < -0.3 is 15.0 Å². The molecule has 4 rings (SSSR count). The van der Waals surface area contributed by atoms with E-state index in [1.54, 1.807) is 24.3 Å². The fourth-order valence-electron chi connectivity index (χ4n) is 3.13. The number of hydrogen-bond acceptors (Lipinski definition) is 3. The van der Waals surface area contributed by atoms with Crippen molar-refractivity contribution in [2.75, 3.05) is 5.32 Å². The van der Waals surface area contributed by atoms with Crippen LogP contribution >= 0.6 is 11.6 Å². The highest BCUT2D eigenvalue weighted by atomic mass is 35.5. The molecule has 0 bridgehead atoms. The topological polar surface area (TPSA) is 67.0 Å². The number of benzene rings is 2. The van der Waals surface area contributed by atoms with Crippen LogP contribution in [0, 0.1) is 5.82 Å². The number of aromatic nitrogens is 2. The number of amides is 1. The molecule has 3 aromatic rings. The Balaban J connectivity index is 1.91. The van der Waals surface area contributed by atoms with E-state index in [1.165, 1.54) is 6.07 Å². The number of hydrogen-bond donors (Lipinski definition) is 2. The Morgan fingerprint density at radius 3 is 2.85 bits per heavy atom. The third-order valence-electron chi connectivity index (χ3n) is 4.33. The summed E-state index contributed by atoms with van der Waals surface area (Å²) in [4.78, 5) is 18.5. The third kappa shape index (κ3) is 2.54. The smallest absolute Gasteiger partial charge is 0.211 e. The maximum absolute atomic E-state index is 14.3. The van der Waals surface area contributed by atoms with Crippen LogP contribution in [0.1, 0.15) is 19.5 Å². The van der Waals surface area contributed by atoms with Crippen molar-refractivity contribution < 1.29 is 13.9 Å². The van der Waals surface area contributed by atoms with Crippen LogP contribution in [0.25, 0.3) is 22.6 Å². The molecule has 0 saturated carbocycles. The molecule has 5 nitrogen and oxygen atoms in total. The second-order valence-corrected chi connectivity index (χ2v) is 6.90. The van der Waals surface area contributed by atoms with Gasteiger partial charge in [0.05, 0.1) is 22.0 Å². The first kappa shape index (κ1) is 16.6. The predicted molar refractivity (Wildman–Crippen MR) is 97.8 cm³/mol. The van der Waals surface area contributed by atoms with Crippen LogP contribution in [-0.2, 0) is 10.4 Å². The van der Waals surface area contributed by atoms with Gasteiger partial charge in [0.15, 0.2) is 0 Å². The normalized spacial score (nSPS) is 14.2. The van der Waals surface area contributed by atoms with Crippen molar-refractivity contribution in [3.05, 3.63) is 52.9 Å². The van der Waals surface area contributed by atoms with E-state index in [2.05, 4.69) is 15.3 Å². The first-order valence-electron chi connectivity index (χ1n) is 7.99. The number of anilines is 1. The van der Waals surface area contributed by atoms with Crippen LogP contribution in [0.2, 0.25) is 5.02 Å². The third-order valence-corrected chi connectivity index (χ3v) is 4.65. The van der Waals surface area contributed by atoms with Gasteiger partial charge in [0, 0.05) is 17.3 Å². The number of halogens is 2. The summed E-state index contributed by atoms with van der Waals surface area (Å²) >= 11 is 6.18. The molecule has 1 aromatic heterocycles. The van der Waals surface area contributed by atoms with Crippen molar-refractivity contribution in [2.45, 2.75) is 19.4 Å². The van der Waals surface area contributed by atoms with Gasteiger partial charge in [-0.2, -0.15) is 0 Å². The lowest BCUT2D eigenvalue weighted by Gasteiger charge is -2.32. The van der Waals surface area contributed by atoms with E-state index in [0.717, 1.165) is 11.3 Å². The van der Waals surface area contributed by atoms with Gasteiger partial charge in [0.2, 0.25) is 6.41 Å². The molecule has 2 heterocycles. The molecule has 0 atom stereocenters. The van der Waals surface area contributed by atoms with E-state index in [1.807, 2.05) is 19.9 Å². The van der Waals surface area contributed by atoms with Gasteiger partial charge in [-0.1, -0.05) is 17.7 Å². The van der Waals surface area contributed by atoms with E-state index in [9.17, 15) is 9.18 Å². The second kappa shape index (κ2) is 5.85. The molecule has 26 heavy (non-hydrogen) atoms. The van der Waals surface area contributed by atoms with Gasteiger partial charge in [-0.05, 0) is 38.1 Å². The van der Waals surface area contributed by atoms with E-state index < -0.39 is 11.4 Å². The molecule has 2 aromatic carbocycles. The minimum atomic E-state index is -0.717. The fraction of sp³-hybridized carbons (Fsp3) is 0.158. The molecule has 0 fully saturated rings. The number of ether oxygens (including phenoxy) is 1. The van der Waals surface area contributed by atoms with Crippen LogP contribution < -0.4 is 10.1 Å². The number of aromatic amines is 1. The molecule has 7 heteroatoms.